The van der Waals surface area contributed by atoms with E-state index in [2.05, 4.69) is 5.43 Å². The summed E-state index contributed by atoms with van der Waals surface area (Å²) in [5, 5.41) is 1.16. The summed E-state index contributed by atoms with van der Waals surface area (Å²) >= 11 is 5.97. The molecule has 2 bridgehead atoms. The molecule has 112 valence electrons. The number of carbonyl (C=O) groups excluding carboxylic acids is 3. The normalized spacial score (nSPS) is 31.8. The first-order valence-electron chi connectivity index (χ1n) is 7.19. The summed E-state index contributed by atoms with van der Waals surface area (Å²) in [6.07, 6.45) is 4.88. The van der Waals surface area contributed by atoms with Gasteiger partial charge in [-0.2, -0.15) is 5.01 Å². The number of rotatable bonds is 2. The number of imide groups is 1. The van der Waals surface area contributed by atoms with E-state index in [1.165, 1.54) is 0 Å². The van der Waals surface area contributed by atoms with Crippen LogP contribution in [0.4, 0.5) is 0 Å². The Kier molecular flexibility index (Phi) is 2.87. The average molecular weight is 317 g/mol. The van der Waals surface area contributed by atoms with Crippen molar-refractivity contribution >= 4 is 29.3 Å². The quantitative estimate of drug-likeness (QED) is 0.668. The van der Waals surface area contributed by atoms with Crippen LogP contribution in [0.15, 0.2) is 36.4 Å². The minimum atomic E-state index is -0.549. The first kappa shape index (κ1) is 13.5. The lowest BCUT2D eigenvalue weighted by Crippen LogP contribution is -2.47. The first-order chi connectivity index (χ1) is 10.6. The Morgan fingerprint density at radius 2 is 1.68 bits per heavy atom. The summed E-state index contributed by atoms with van der Waals surface area (Å²) in [6.45, 7) is 0. The zero-order chi connectivity index (χ0) is 15.4. The molecule has 1 aromatic rings. The Hall–Kier alpha value is -2.14. The maximum absolute atomic E-state index is 12.5. The molecule has 1 saturated carbocycles. The molecule has 6 heteroatoms. The Morgan fingerprint density at radius 1 is 1.09 bits per heavy atom. The lowest BCUT2D eigenvalue weighted by atomic mass is 9.85. The van der Waals surface area contributed by atoms with Gasteiger partial charge in [0.05, 0.1) is 22.4 Å². The molecule has 5 nitrogen and oxygen atoms in total. The van der Waals surface area contributed by atoms with Crippen molar-refractivity contribution in [3.63, 3.8) is 0 Å². The number of hydrazine groups is 1. The highest BCUT2D eigenvalue weighted by atomic mass is 35.5. The topological polar surface area (TPSA) is 66.5 Å². The molecule has 1 aromatic carbocycles. The molecule has 3 aliphatic rings. The number of nitrogens with zero attached hydrogens (tertiary/aromatic N) is 1. The van der Waals surface area contributed by atoms with Gasteiger partial charge in [-0.25, -0.2) is 0 Å². The van der Waals surface area contributed by atoms with Crippen molar-refractivity contribution in [2.24, 2.45) is 23.7 Å². The van der Waals surface area contributed by atoms with Crippen LogP contribution in [0.5, 0.6) is 0 Å². The van der Waals surface area contributed by atoms with Crippen LogP contribution >= 0.6 is 11.6 Å². The van der Waals surface area contributed by atoms with Crippen molar-refractivity contribution in [1.82, 2.24) is 10.4 Å². The van der Waals surface area contributed by atoms with Gasteiger partial charge in [0, 0.05) is 0 Å². The number of amides is 3. The van der Waals surface area contributed by atoms with Gasteiger partial charge in [0.1, 0.15) is 0 Å². The zero-order valence-electron chi connectivity index (χ0n) is 11.5. The summed E-state index contributed by atoms with van der Waals surface area (Å²) < 4.78 is 0. The molecular formula is C16H13ClN2O3. The summed E-state index contributed by atoms with van der Waals surface area (Å²) in [5.74, 6) is -1.59. The fraction of sp³-hybridized carbons (Fsp3) is 0.312. The molecule has 0 aromatic heterocycles. The van der Waals surface area contributed by atoms with E-state index < -0.39 is 5.91 Å². The second kappa shape index (κ2) is 4.68. The fourth-order valence-electron chi connectivity index (χ4n) is 3.82. The highest BCUT2D eigenvalue weighted by Crippen LogP contribution is 2.52. The van der Waals surface area contributed by atoms with Crippen LogP contribution in [0, 0.1) is 23.7 Å². The average Bonchev–Trinajstić information content (AvgIpc) is 3.17. The van der Waals surface area contributed by atoms with Gasteiger partial charge in [-0.15, -0.1) is 0 Å². The van der Waals surface area contributed by atoms with Crippen LogP contribution in [0.3, 0.4) is 0 Å². The van der Waals surface area contributed by atoms with Crippen LogP contribution in [-0.2, 0) is 9.59 Å². The molecule has 0 spiro atoms. The molecule has 1 aliphatic heterocycles. The molecule has 1 N–H and O–H groups in total. The van der Waals surface area contributed by atoms with Gasteiger partial charge in [-0.1, -0.05) is 35.9 Å². The van der Waals surface area contributed by atoms with E-state index >= 15 is 0 Å². The van der Waals surface area contributed by atoms with E-state index in [0.29, 0.717) is 0 Å². The number of hydrogen-bond donors (Lipinski definition) is 1. The summed E-state index contributed by atoms with van der Waals surface area (Å²) in [6, 6.07) is 6.52. The highest BCUT2D eigenvalue weighted by molar-refractivity contribution is 6.33. The van der Waals surface area contributed by atoms with Crippen LogP contribution in [0.25, 0.3) is 0 Å². The number of benzene rings is 1. The van der Waals surface area contributed by atoms with Crippen molar-refractivity contribution in [2.75, 3.05) is 0 Å². The number of carbonyl (C=O) groups is 3. The van der Waals surface area contributed by atoms with E-state index in [4.69, 9.17) is 11.6 Å². The SMILES string of the molecule is O=C(NN1C(=O)C2C3C=CC(C3)C2C1=O)c1ccccc1Cl. The predicted octanol–water partition coefficient (Wildman–Crippen LogP) is 1.79. The van der Waals surface area contributed by atoms with E-state index in [1.54, 1.807) is 24.3 Å². The number of hydrogen-bond acceptors (Lipinski definition) is 3. The van der Waals surface area contributed by atoms with Crippen molar-refractivity contribution in [3.05, 3.63) is 47.0 Å². The second-order valence-corrected chi connectivity index (χ2v) is 6.34. The Balaban J connectivity index is 1.58. The number of nitrogens with one attached hydrogen (secondary N) is 1. The smallest absolute Gasteiger partial charge is 0.271 e. The predicted molar refractivity (Wildman–Crippen MR) is 78.5 cm³/mol. The number of fused-ring (bicyclic) bond motifs is 5. The van der Waals surface area contributed by atoms with E-state index in [0.717, 1.165) is 11.4 Å². The fourth-order valence-corrected chi connectivity index (χ4v) is 4.04. The Morgan fingerprint density at radius 3 is 2.27 bits per heavy atom. The van der Waals surface area contributed by atoms with Gasteiger partial charge in [-0.05, 0) is 30.4 Å². The first-order valence-corrected chi connectivity index (χ1v) is 7.57. The van der Waals surface area contributed by atoms with Crippen LogP contribution in [-0.4, -0.2) is 22.7 Å². The summed E-state index contributed by atoms with van der Waals surface area (Å²) in [7, 11) is 0. The lowest BCUT2D eigenvalue weighted by Gasteiger charge is -2.18. The van der Waals surface area contributed by atoms with Crippen molar-refractivity contribution in [3.8, 4) is 0 Å². The Labute approximate surface area is 131 Å². The molecule has 2 aliphatic carbocycles. The summed E-state index contributed by atoms with van der Waals surface area (Å²) in [4.78, 5) is 37.2. The highest BCUT2D eigenvalue weighted by Gasteiger charge is 2.59. The maximum atomic E-state index is 12.5. The van der Waals surface area contributed by atoms with Crippen molar-refractivity contribution in [2.45, 2.75) is 6.42 Å². The third-order valence-electron chi connectivity index (χ3n) is 4.80. The van der Waals surface area contributed by atoms with Crippen LogP contribution in [0.1, 0.15) is 16.8 Å². The molecule has 22 heavy (non-hydrogen) atoms. The second-order valence-electron chi connectivity index (χ2n) is 5.93. The van der Waals surface area contributed by atoms with Crippen LogP contribution < -0.4 is 5.43 Å². The lowest BCUT2D eigenvalue weighted by molar-refractivity contribution is -0.143. The van der Waals surface area contributed by atoms with Gasteiger partial charge in [0.2, 0.25) is 0 Å². The molecule has 1 saturated heterocycles. The molecule has 2 fully saturated rings. The summed E-state index contributed by atoms with van der Waals surface area (Å²) in [5.41, 5.74) is 2.65. The standard InChI is InChI=1S/C16H13ClN2O3/c17-11-4-2-1-3-10(11)14(20)18-19-15(21)12-8-5-6-9(7-8)13(12)16(19)22/h1-6,8-9,12-13H,7H2,(H,18,20). The van der Waals surface area contributed by atoms with Gasteiger partial charge < -0.3 is 0 Å². The van der Waals surface area contributed by atoms with E-state index in [9.17, 15) is 14.4 Å². The molecule has 3 amide bonds. The maximum Gasteiger partial charge on any atom is 0.271 e. The molecule has 4 atom stereocenters. The molecule has 0 radical (unpaired) electrons. The molecule has 4 rings (SSSR count). The largest absolute Gasteiger partial charge is 0.272 e. The third-order valence-corrected chi connectivity index (χ3v) is 5.13. The van der Waals surface area contributed by atoms with Crippen LogP contribution in [0.2, 0.25) is 5.02 Å². The van der Waals surface area contributed by atoms with E-state index in [-0.39, 0.29) is 46.1 Å². The van der Waals surface area contributed by atoms with E-state index in [1.807, 2.05) is 12.2 Å². The minimum absolute atomic E-state index is 0.119. The van der Waals surface area contributed by atoms with Crippen molar-refractivity contribution < 1.29 is 14.4 Å². The molecular weight excluding hydrogens is 304 g/mol. The zero-order valence-corrected chi connectivity index (χ0v) is 12.3. The monoisotopic (exact) mass is 316 g/mol. The van der Waals surface area contributed by atoms with Gasteiger partial charge in [-0.3, -0.25) is 19.8 Å². The molecule has 4 unspecified atom stereocenters. The number of allylic oxidation sites excluding steroid dienone is 2. The third kappa shape index (κ3) is 1.75. The number of halogens is 1. The minimum Gasteiger partial charge on any atom is -0.272 e. The Bertz CT molecular complexity index is 700. The van der Waals surface area contributed by atoms with Crippen molar-refractivity contribution in [1.29, 1.82) is 0 Å². The van der Waals surface area contributed by atoms with Gasteiger partial charge >= 0.3 is 0 Å². The molecule has 1 heterocycles. The van der Waals surface area contributed by atoms with Gasteiger partial charge in [0.25, 0.3) is 17.7 Å². The van der Waals surface area contributed by atoms with Gasteiger partial charge in [0.15, 0.2) is 0 Å².